The Morgan fingerprint density at radius 1 is 1.00 bits per heavy atom. The van der Waals surface area contributed by atoms with Gasteiger partial charge in [-0.25, -0.2) is 9.97 Å². The summed E-state index contributed by atoms with van der Waals surface area (Å²) in [6.45, 7) is 1.91. The van der Waals surface area contributed by atoms with Crippen LogP contribution in [0.2, 0.25) is 0 Å². The molecule has 0 spiro atoms. The van der Waals surface area contributed by atoms with Gasteiger partial charge in [0.2, 0.25) is 5.82 Å². The summed E-state index contributed by atoms with van der Waals surface area (Å²) in [6, 6.07) is 8.57. The number of rotatable bonds is 1. The Labute approximate surface area is 96.2 Å². The van der Waals surface area contributed by atoms with Crippen LogP contribution in [0.25, 0.3) is 11.3 Å². The smallest absolute Gasteiger partial charge is 0.233 e. The molecule has 0 aliphatic carbocycles. The number of aryl methyl sites for hydroxylation is 1. The zero-order chi connectivity index (χ0) is 12.5. The summed E-state index contributed by atoms with van der Waals surface area (Å²) >= 11 is 0. The zero-order valence-electron chi connectivity index (χ0n) is 8.99. The van der Waals surface area contributed by atoms with Crippen molar-refractivity contribution in [3.63, 3.8) is 0 Å². The Morgan fingerprint density at radius 2 is 1.65 bits per heavy atom. The molecular formula is C12H9F3N2. The average Bonchev–Trinajstić information content (AvgIpc) is 2.29. The molecule has 2 nitrogen and oxygen atoms in total. The van der Waals surface area contributed by atoms with E-state index in [2.05, 4.69) is 9.97 Å². The molecule has 0 aliphatic rings. The Balaban J connectivity index is 2.43. The molecule has 0 radical (unpaired) electrons. The first kappa shape index (κ1) is 11.6. The van der Waals surface area contributed by atoms with Crippen molar-refractivity contribution in [1.29, 1.82) is 0 Å². The Morgan fingerprint density at radius 3 is 2.24 bits per heavy atom. The zero-order valence-corrected chi connectivity index (χ0v) is 8.99. The number of aromatic nitrogens is 2. The van der Waals surface area contributed by atoms with Gasteiger partial charge in [0.05, 0.1) is 5.69 Å². The second-order valence-corrected chi connectivity index (χ2v) is 3.63. The molecule has 0 saturated heterocycles. The Hall–Kier alpha value is -1.91. The maximum absolute atomic E-state index is 12.4. The minimum atomic E-state index is -4.51. The molecule has 0 saturated carbocycles. The minimum absolute atomic E-state index is 0.271. The van der Waals surface area contributed by atoms with Crippen molar-refractivity contribution in [3.8, 4) is 11.3 Å². The lowest BCUT2D eigenvalue weighted by Gasteiger charge is -2.06. The highest BCUT2D eigenvalue weighted by Gasteiger charge is 2.34. The van der Waals surface area contributed by atoms with Crippen molar-refractivity contribution >= 4 is 0 Å². The van der Waals surface area contributed by atoms with E-state index in [0.717, 1.165) is 11.8 Å². The second kappa shape index (κ2) is 4.16. The third-order valence-corrected chi connectivity index (χ3v) is 2.26. The highest BCUT2D eigenvalue weighted by atomic mass is 19.4. The predicted octanol–water partition coefficient (Wildman–Crippen LogP) is 3.47. The summed E-state index contributed by atoms with van der Waals surface area (Å²) in [5.74, 6) is -1.12. The van der Waals surface area contributed by atoms with Gasteiger partial charge in [-0.2, -0.15) is 13.2 Å². The molecule has 0 amide bonds. The minimum Gasteiger partial charge on any atom is -0.233 e. The van der Waals surface area contributed by atoms with Crippen molar-refractivity contribution in [1.82, 2.24) is 9.97 Å². The third-order valence-electron chi connectivity index (χ3n) is 2.26. The molecule has 1 aromatic heterocycles. The van der Waals surface area contributed by atoms with Crippen molar-refractivity contribution in [2.45, 2.75) is 13.1 Å². The van der Waals surface area contributed by atoms with E-state index in [-0.39, 0.29) is 5.69 Å². The fourth-order valence-electron chi connectivity index (χ4n) is 1.38. The van der Waals surface area contributed by atoms with Crippen molar-refractivity contribution in [3.05, 3.63) is 47.9 Å². The Kier molecular flexibility index (Phi) is 2.83. The second-order valence-electron chi connectivity index (χ2n) is 3.63. The molecule has 0 aliphatic heterocycles. The van der Waals surface area contributed by atoms with Gasteiger partial charge in [-0.3, -0.25) is 0 Å². The number of hydrogen-bond donors (Lipinski definition) is 0. The van der Waals surface area contributed by atoms with Gasteiger partial charge < -0.3 is 0 Å². The van der Waals surface area contributed by atoms with Gasteiger partial charge in [0.25, 0.3) is 0 Å². The molecule has 2 aromatic rings. The van der Waals surface area contributed by atoms with Gasteiger partial charge >= 0.3 is 6.18 Å². The molecule has 0 bridgehead atoms. The molecule has 0 fully saturated rings. The van der Waals surface area contributed by atoms with Crippen LogP contribution in [0.1, 0.15) is 11.4 Å². The largest absolute Gasteiger partial charge is 0.451 e. The van der Waals surface area contributed by atoms with Crippen molar-refractivity contribution < 1.29 is 13.2 Å². The van der Waals surface area contributed by atoms with Gasteiger partial charge in [0, 0.05) is 11.8 Å². The molecule has 1 heterocycles. The van der Waals surface area contributed by atoms with E-state index in [9.17, 15) is 13.2 Å². The van der Waals surface area contributed by atoms with E-state index in [1.54, 1.807) is 12.1 Å². The first-order valence-corrected chi connectivity index (χ1v) is 4.94. The monoisotopic (exact) mass is 238 g/mol. The molecule has 2 rings (SSSR count). The summed E-state index contributed by atoms with van der Waals surface area (Å²) in [6.07, 6.45) is -3.40. The summed E-state index contributed by atoms with van der Waals surface area (Å²) in [5, 5.41) is 0. The van der Waals surface area contributed by atoms with Crippen LogP contribution in [0, 0.1) is 6.92 Å². The topological polar surface area (TPSA) is 25.8 Å². The average molecular weight is 238 g/mol. The molecule has 0 atom stereocenters. The molecule has 88 valence electrons. The lowest BCUT2D eigenvalue weighted by Crippen LogP contribution is -2.10. The molecule has 17 heavy (non-hydrogen) atoms. The van der Waals surface area contributed by atoms with E-state index in [1.807, 2.05) is 19.1 Å². The number of halogens is 3. The summed E-state index contributed by atoms with van der Waals surface area (Å²) in [5.41, 5.74) is 1.95. The van der Waals surface area contributed by atoms with Crippen LogP contribution < -0.4 is 0 Å². The van der Waals surface area contributed by atoms with Gasteiger partial charge in [-0.15, -0.1) is 0 Å². The van der Waals surface area contributed by atoms with E-state index in [1.165, 1.54) is 6.07 Å². The normalized spacial score (nSPS) is 11.5. The SMILES string of the molecule is Cc1ccc(-c2ccnc(C(F)(F)F)n2)cc1. The van der Waals surface area contributed by atoms with E-state index in [0.29, 0.717) is 5.56 Å². The third kappa shape index (κ3) is 2.61. The molecule has 0 unspecified atom stereocenters. The molecule has 5 heteroatoms. The molecular weight excluding hydrogens is 229 g/mol. The summed E-state index contributed by atoms with van der Waals surface area (Å²) in [4.78, 5) is 6.73. The fraction of sp³-hybridized carbons (Fsp3) is 0.167. The van der Waals surface area contributed by atoms with E-state index >= 15 is 0 Å². The van der Waals surface area contributed by atoms with Gasteiger partial charge in [-0.05, 0) is 13.0 Å². The van der Waals surface area contributed by atoms with Crippen LogP contribution in [0.3, 0.4) is 0 Å². The highest BCUT2D eigenvalue weighted by Crippen LogP contribution is 2.27. The molecule has 1 aromatic carbocycles. The maximum atomic E-state index is 12.4. The maximum Gasteiger partial charge on any atom is 0.451 e. The van der Waals surface area contributed by atoms with Gasteiger partial charge in [0.15, 0.2) is 0 Å². The van der Waals surface area contributed by atoms with Gasteiger partial charge in [-0.1, -0.05) is 29.8 Å². The van der Waals surface area contributed by atoms with Gasteiger partial charge in [0.1, 0.15) is 0 Å². The van der Waals surface area contributed by atoms with Crippen LogP contribution in [0.15, 0.2) is 36.5 Å². The summed E-state index contributed by atoms with van der Waals surface area (Å²) < 4.78 is 37.3. The van der Waals surface area contributed by atoms with Crippen molar-refractivity contribution in [2.24, 2.45) is 0 Å². The number of nitrogens with zero attached hydrogens (tertiary/aromatic N) is 2. The lowest BCUT2D eigenvalue weighted by molar-refractivity contribution is -0.144. The Bertz CT molecular complexity index is 518. The van der Waals surface area contributed by atoms with E-state index < -0.39 is 12.0 Å². The first-order valence-electron chi connectivity index (χ1n) is 4.94. The van der Waals surface area contributed by atoms with E-state index in [4.69, 9.17) is 0 Å². The molecule has 0 N–H and O–H groups in total. The quantitative estimate of drug-likeness (QED) is 0.760. The number of alkyl halides is 3. The highest BCUT2D eigenvalue weighted by molar-refractivity contribution is 5.58. The number of benzene rings is 1. The van der Waals surface area contributed by atoms with Crippen LogP contribution in [0.4, 0.5) is 13.2 Å². The van der Waals surface area contributed by atoms with Crippen LogP contribution in [-0.4, -0.2) is 9.97 Å². The summed E-state index contributed by atoms with van der Waals surface area (Å²) in [7, 11) is 0. The van der Waals surface area contributed by atoms with Crippen LogP contribution >= 0.6 is 0 Å². The lowest BCUT2D eigenvalue weighted by atomic mass is 10.1. The van der Waals surface area contributed by atoms with Crippen LogP contribution in [0.5, 0.6) is 0 Å². The number of hydrogen-bond acceptors (Lipinski definition) is 2. The predicted molar refractivity (Wildman–Crippen MR) is 57.2 cm³/mol. The standard InChI is InChI=1S/C12H9F3N2/c1-8-2-4-9(5-3-8)10-6-7-16-11(17-10)12(13,14)15/h2-7H,1H3. The van der Waals surface area contributed by atoms with Crippen LogP contribution in [-0.2, 0) is 6.18 Å². The van der Waals surface area contributed by atoms with Crippen molar-refractivity contribution in [2.75, 3.05) is 0 Å². The first-order chi connectivity index (χ1) is 7.97. The fourth-order valence-corrected chi connectivity index (χ4v) is 1.38.